The molecule has 0 aromatic rings. The number of ether oxygens (including phenoxy) is 15. The molecule has 8 aliphatic rings. The Bertz CT molecular complexity index is 3660. The monoisotopic (exact) mass is 1990 g/mol. The quantitative estimate of drug-likeness (QED) is 0.0252. The number of aliphatic carboxylic acids is 1. The van der Waals surface area contributed by atoms with Crippen LogP contribution in [0.4, 0.5) is 0 Å². The topological polar surface area (TPSA) is 1040 Å². The molecule has 128 heavy (non-hydrogen) atoms. The molecular weight excluding hydrogens is 1880 g/mol. The van der Waals surface area contributed by atoms with E-state index in [0.29, 0.717) is 0 Å². The maximum atomic E-state index is 13.8. The van der Waals surface area contributed by atoms with Crippen LogP contribution in [0.3, 0.4) is 0 Å². The fraction of sp³-hybridized carbons (Fsp3) is 0.983. The van der Waals surface area contributed by atoms with Crippen LogP contribution in [0.25, 0.3) is 0 Å². The Morgan fingerprint density at radius 3 is 1.20 bits per heavy atom. The molecule has 0 spiro atoms. The van der Waals surface area contributed by atoms with Gasteiger partial charge in [0.15, 0.2) is 44.0 Å². The lowest BCUT2D eigenvalue weighted by Crippen LogP contribution is -2.71. The van der Waals surface area contributed by atoms with Gasteiger partial charge < -0.3 is 250 Å². The Kier molecular flexibility index (Phi) is 41.7. The third-order valence-electron chi connectivity index (χ3n) is 20.5. The summed E-state index contributed by atoms with van der Waals surface area (Å²) < 4.78 is 191. The zero-order valence-corrected chi connectivity index (χ0v) is 70.4. The molecule has 69 heteroatoms. The van der Waals surface area contributed by atoms with Gasteiger partial charge in [0, 0.05) is 26.1 Å². The Balaban J connectivity index is 1.28. The molecular formula is C59H110N3O61P5. The van der Waals surface area contributed by atoms with Gasteiger partial charge in [-0.05, 0) is 0 Å². The molecule has 0 aliphatic carbocycles. The summed E-state index contributed by atoms with van der Waals surface area (Å²) in [6.45, 7) is -16.0. The SMILES string of the molecule is NCCOP(=O)(O)O[C@H]1[C@H](O)[C@H](O[C@@H]2O[C@H](CO)[C@@H](O[C@@H]3O[C@H](CO)[C@H](O[C@H]4O[C@H](CO)[C@H](O)[C@H](O)[C@H]4O)[C@H](O)[C@H]3O)[C@H](O)[C@H]2O)[C@@H](O[C@@H]2[C@@H](O[C@@H]3[C@H](O)[C@@H](O[C@H]4[C@@H]([C@H](O)CO)O[C@@](O)(C(=O)O)C[C@H]4OP(=O)(O)OP(=O)(O)OCCN)O[C@H]([C@@H](O)CO)[C@H]3O[C@@H]3O[C@H](COP(=O)(O)O)[C@@H](O)[C@H](O)[C@H]3O)O[C@H]([C@H](CO)OP(=O)(O)OCCN)[C@@H](O)[C@@H]2O)O[C@@H]1[C@@H](O)CO. The van der Waals surface area contributed by atoms with Gasteiger partial charge in [0.25, 0.3) is 5.79 Å². The minimum atomic E-state index is -6.43. The van der Waals surface area contributed by atoms with Crippen molar-refractivity contribution in [1.29, 1.82) is 0 Å². The van der Waals surface area contributed by atoms with Crippen molar-refractivity contribution >= 4 is 45.1 Å². The van der Waals surface area contributed by atoms with Crippen LogP contribution < -0.4 is 17.2 Å². The largest absolute Gasteiger partial charge is 0.481 e. The summed E-state index contributed by atoms with van der Waals surface area (Å²) in [5.41, 5.74) is 16.2. The normalized spacial score (nSPS) is 44.1. The molecule has 752 valence electrons. The highest BCUT2D eigenvalue weighted by atomic mass is 31.3. The smallest absolute Gasteiger partial charge is 0.477 e. The van der Waals surface area contributed by atoms with Gasteiger partial charge in [-0.15, -0.1) is 0 Å². The first-order valence-corrected chi connectivity index (χ1v) is 45.8. The first kappa shape index (κ1) is 112. The van der Waals surface area contributed by atoms with Crippen molar-refractivity contribution in [3.8, 4) is 0 Å². The van der Waals surface area contributed by atoms with Crippen molar-refractivity contribution in [1.82, 2.24) is 0 Å². The molecule has 0 radical (unpaired) electrons. The van der Waals surface area contributed by atoms with Gasteiger partial charge in [0.05, 0.1) is 72.7 Å². The second kappa shape index (κ2) is 47.8. The highest BCUT2D eigenvalue weighted by Crippen LogP contribution is 2.62. The lowest BCUT2D eigenvalue weighted by atomic mass is 9.91. The van der Waals surface area contributed by atoms with E-state index in [4.69, 9.17) is 111 Å². The fourth-order valence-electron chi connectivity index (χ4n) is 14.2. The number of aliphatic hydroxyl groups excluding tert-OH is 24. The van der Waals surface area contributed by atoms with Crippen LogP contribution >= 0.6 is 39.1 Å². The Hall–Kier alpha value is -1.66. The first-order chi connectivity index (χ1) is 59.8. The van der Waals surface area contributed by atoms with Gasteiger partial charge in [-0.3, -0.25) is 31.7 Å². The summed E-state index contributed by atoms with van der Waals surface area (Å²) in [4.78, 5) is 75.2. The van der Waals surface area contributed by atoms with E-state index in [1.807, 2.05) is 0 Å². The minimum Gasteiger partial charge on any atom is -0.477 e. The van der Waals surface area contributed by atoms with E-state index in [0.717, 1.165) is 0 Å². The van der Waals surface area contributed by atoms with Gasteiger partial charge in [-0.2, -0.15) is 4.31 Å². The zero-order chi connectivity index (χ0) is 95.7. The first-order valence-electron chi connectivity index (χ1n) is 38.2. The molecule has 8 aliphatic heterocycles. The maximum Gasteiger partial charge on any atom is 0.481 e. The Labute approximate surface area is 719 Å². The molecule has 8 heterocycles. The lowest BCUT2D eigenvalue weighted by molar-refractivity contribution is -0.420. The summed E-state index contributed by atoms with van der Waals surface area (Å²) in [5, 5.41) is 293. The lowest BCUT2D eigenvalue weighted by Gasteiger charge is -2.53. The maximum absolute atomic E-state index is 13.8. The van der Waals surface area contributed by atoms with Crippen LogP contribution in [0.5, 0.6) is 0 Å². The van der Waals surface area contributed by atoms with E-state index in [1.165, 1.54) is 0 Å². The Morgan fingerprint density at radius 2 is 0.734 bits per heavy atom. The molecule has 0 aromatic heterocycles. The van der Waals surface area contributed by atoms with E-state index in [-0.39, 0.29) is 0 Å². The van der Waals surface area contributed by atoms with Crippen LogP contribution in [0.15, 0.2) is 0 Å². The van der Waals surface area contributed by atoms with Crippen LogP contribution in [-0.2, 0) is 135 Å². The van der Waals surface area contributed by atoms with Crippen molar-refractivity contribution in [2.45, 2.75) is 270 Å². The third kappa shape index (κ3) is 27.5. The van der Waals surface area contributed by atoms with Gasteiger partial charge in [-0.1, -0.05) is 0 Å². The highest BCUT2D eigenvalue weighted by Gasteiger charge is 2.65. The predicted octanol–water partition coefficient (Wildman–Crippen LogP) is -20.0. The molecule has 0 amide bonds. The molecule has 4 unspecified atom stereocenters. The summed E-state index contributed by atoms with van der Waals surface area (Å²) in [7, 11) is -29.3. The van der Waals surface area contributed by atoms with Gasteiger partial charge >= 0.3 is 45.1 Å². The Morgan fingerprint density at radius 1 is 0.359 bits per heavy atom. The molecule has 0 bridgehead atoms. The van der Waals surface area contributed by atoms with Crippen LogP contribution in [0, 0.1) is 0 Å². The number of carboxylic acids is 1. The van der Waals surface area contributed by atoms with E-state index < -0.39 is 407 Å². The summed E-state index contributed by atoms with van der Waals surface area (Å²) in [6.07, 6.45) is -112. The number of phosphoric ester groups is 5. The van der Waals surface area contributed by atoms with Crippen LogP contribution in [0.1, 0.15) is 6.42 Å². The number of rotatable bonds is 46. The summed E-state index contributed by atoms with van der Waals surface area (Å²) >= 11 is 0. The van der Waals surface area contributed by atoms with E-state index in [9.17, 15) is 190 Å². The van der Waals surface area contributed by atoms with Crippen molar-refractivity contribution in [2.24, 2.45) is 17.2 Å². The highest BCUT2D eigenvalue weighted by molar-refractivity contribution is 7.61. The molecule has 38 N–H and O–H groups in total. The predicted molar refractivity (Wildman–Crippen MR) is 387 cm³/mol. The number of phosphoric acid groups is 5. The van der Waals surface area contributed by atoms with Gasteiger partial charge in [-0.25, -0.2) is 27.6 Å². The average Bonchev–Trinajstić information content (AvgIpc) is 0.749. The van der Waals surface area contributed by atoms with Crippen molar-refractivity contribution in [3.63, 3.8) is 0 Å². The number of hydrogen-bond acceptors (Lipinski definition) is 57. The van der Waals surface area contributed by atoms with Crippen LogP contribution in [0.2, 0.25) is 0 Å². The zero-order valence-electron chi connectivity index (χ0n) is 66.0. The second-order valence-electron chi connectivity index (χ2n) is 29.5. The fourth-order valence-corrected chi connectivity index (χ4v) is 18.7. The van der Waals surface area contributed by atoms with Gasteiger partial charge in [0.1, 0.15) is 214 Å². The molecule has 8 fully saturated rings. The summed E-state index contributed by atoms with van der Waals surface area (Å²) in [6, 6.07) is 0. The number of nitrogens with two attached hydrogens (primary N) is 3. The third-order valence-corrected chi connectivity index (χ3v) is 25.7. The van der Waals surface area contributed by atoms with Gasteiger partial charge in [0.2, 0.25) is 0 Å². The van der Waals surface area contributed by atoms with E-state index in [2.05, 4.69) is 13.4 Å². The average molecular weight is 1990 g/mol. The molecule has 0 saturated carbocycles. The molecule has 47 atom stereocenters. The standard InChI is InChI=1S/C59H110N3O61P5/c60-1-4-101-125(93,94)121-23(14-69)44-29(77)30(78)48(117-57-49(37(85)47(39(110-57)16(70)8-63)122-126(95,96)102-5-2-61)116-54-36(84)32(80)43(22(13-68)107-54)112-53-35(83)31(79)42(21(12-67)106-53)111-51-33(81)27(75)25(73)20(11-66)105-51)56(113-44)115-46-38(86)55(109-40(17(71)9-64)50(46)118-52-34(82)28(76)26(74)24(108-52)15-104-124(90,91)92)114-45-19(120-128(99,100)123-127(97,98)103-6-3-62)7-59(89,58(87)88)119-41(45)18(72)10-65/h16-57,63-86,89H,1-15,60-62H2,(H,87,88)(H,93,94)(H,95,96)(H,97,98)(H,99,100)(H2,90,91,92)/t16-,17-,18+,19+,20+,21+,22+,23-,24+,25-,26+,27-,28-,29-,30-,31+,32+,33+,34+,35+,36+,37-,38-,39+,40+,41+,42-,43+,44+,45+,46+,47-,48-,49-,50+,51+,52-,53-,54-,55+,56+,57+,59+/m0/s1. The second-order valence-corrected chi connectivity index (χ2v) is 36.5. The van der Waals surface area contributed by atoms with E-state index in [1.54, 1.807) is 0 Å². The summed E-state index contributed by atoms with van der Waals surface area (Å²) in [5.74, 6) is -6.29. The number of aliphatic hydroxyl groups is 25. The van der Waals surface area contributed by atoms with Crippen molar-refractivity contribution in [2.75, 3.05) is 92.3 Å². The van der Waals surface area contributed by atoms with Crippen molar-refractivity contribution in [3.05, 3.63) is 0 Å². The number of hydrogen-bond donors (Lipinski definition) is 35. The molecule has 8 saturated heterocycles. The van der Waals surface area contributed by atoms with E-state index >= 15 is 0 Å². The molecule has 0 aromatic carbocycles. The number of carbonyl (C=O) groups is 1. The van der Waals surface area contributed by atoms with Crippen molar-refractivity contribution < 1.29 is 297 Å². The molecule has 8 rings (SSSR count). The molecule has 64 nitrogen and oxygen atoms in total. The number of carboxylic acid groups (broad SMARTS) is 1. The minimum absolute atomic E-state index is 0.551. The van der Waals surface area contributed by atoms with Crippen LogP contribution in [-0.4, -0.2) is 524 Å².